The highest BCUT2D eigenvalue weighted by Crippen LogP contribution is 2.67. The lowest BCUT2D eigenvalue weighted by Gasteiger charge is -2.27. The van der Waals surface area contributed by atoms with Crippen molar-refractivity contribution in [2.45, 2.75) is 57.7 Å². The van der Waals surface area contributed by atoms with E-state index in [0.29, 0.717) is 30.0 Å². The lowest BCUT2D eigenvalue weighted by molar-refractivity contribution is -0.134. The number of fused-ring (bicyclic) bond motifs is 5. The molecule has 0 N–H and O–H groups in total. The first-order valence-corrected chi connectivity index (χ1v) is 9.81. The van der Waals surface area contributed by atoms with Gasteiger partial charge in [-0.3, -0.25) is 4.79 Å². The SMILES string of the molecule is Cc1ccsc1[C@]1(C(=O)N2C[C@@H]3[C@H](C2)[C@H]2CC[C@@H]3O2)CC1(C)C. The van der Waals surface area contributed by atoms with E-state index in [0.717, 1.165) is 19.5 Å². The summed E-state index contributed by atoms with van der Waals surface area (Å²) in [5.41, 5.74) is 1.12. The van der Waals surface area contributed by atoms with Crippen LogP contribution in [0.2, 0.25) is 0 Å². The third-order valence-electron chi connectivity index (χ3n) is 7.09. The van der Waals surface area contributed by atoms with Gasteiger partial charge in [-0.25, -0.2) is 0 Å². The second-order valence-corrected chi connectivity index (χ2v) is 9.64. The first-order valence-electron chi connectivity index (χ1n) is 8.93. The summed E-state index contributed by atoms with van der Waals surface area (Å²) >= 11 is 1.77. The molecule has 4 heteroatoms. The molecular formula is C19H25NO2S. The van der Waals surface area contributed by atoms with Crippen LogP contribution >= 0.6 is 11.3 Å². The molecule has 1 aromatic heterocycles. The number of carbonyl (C=O) groups excluding carboxylic acids is 1. The molecule has 3 aliphatic heterocycles. The van der Waals surface area contributed by atoms with E-state index in [1.807, 2.05) is 0 Å². The van der Waals surface area contributed by atoms with E-state index in [9.17, 15) is 4.79 Å². The van der Waals surface area contributed by atoms with Crippen LogP contribution in [0.15, 0.2) is 11.4 Å². The monoisotopic (exact) mass is 331 g/mol. The quantitative estimate of drug-likeness (QED) is 0.832. The summed E-state index contributed by atoms with van der Waals surface area (Å²) in [4.78, 5) is 17.1. The zero-order valence-corrected chi connectivity index (χ0v) is 15.0. The first kappa shape index (κ1) is 14.5. The molecule has 4 fully saturated rings. The van der Waals surface area contributed by atoms with Gasteiger partial charge in [-0.15, -0.1) is 11.3 Å². The molecule has 5 atom stereocenters. The highest BCUT2D eigenvalue weighted by molar-refractivity contribution is 7.10. The Balaban J connectivity index is 1.45. The molecule has 0 radical (unpaired) electrons. The Morgan fingerprint density at radius 1 is 1.26 bits per heavy atom. The molecule has 23 heavy (non-hydrogen) atoms. The maximum atomic E-state index is 13.6. The fourth-order valence-electron chi connectivity index (χ4n) is 5.67. The minimum atomic E-state index is -0.260. The number of hydrogen-bond acceptors (Lipinski definition) is 3. The Morgan fingerprint density at radius 2 is 1.87 bits per heavy atom. The second kappa shape index (κ2) is 4.40. The normalized spacial score (nSPS) is 43.0. The van der Waals surface area contributed by atoms with E-state index in [1.54, 1.807) is 11.3 Å². The second-order valence-electron chi connectivity index (χ2n) is 8.73. The molecule has 1 aromatic rings. The molecule has 4 heterocycles. The van der Waals surface area contributed by atoms with Gasteiger partial charge in [-0.05, 0) is 48.6 Å². The first-order chi connectivity index (χ1) is 10.9. The molecule has 4 aliphatic rings. The number of carbonyl (C=O) groups is 1. The van der Waals surface area contributed by atoms with Gasteiger partial charge in [0.05, 0.1) is 17.6 Å². The molecule has 3 nitrogen and oxygen atoms in total. The summed E-state index contributed by atoms with van der Waals surface area (Å²) < 4.78 is 6.06. The van der Waals surface area contributed by atoms with Crippen LogP contribution in [0.3, 0.4) is 0 Å². The molecule has 1 saturated carbocycles. The van der Waals surface area contributed by atoms with Crippen LogP contribution in [0.5, 0.6) is 0 Å². The zero-order chi connectivity index (χ0) is 16.0. The number of rotatable bonds is 2. The van der Waals surface area contributed by atoms with Crippen molar-refractivity contribution >= 4 is 17.2 Å². The van der Waals surface area contributed by atoms with Crippen molar-refractivity contribution in [2.75, 3.05) is 13.1 Å². The van der Waals surface area contributed by atoms with Gasteiger partial charge in [0.2, 0.25) is 5.91 Å². The van der Waals surface area contributed by atoms with Crippen LogP contribution in [-0.4, -0.2) is 36.1 Å². The van der Waals surface area contributed by atoms with Crippen LogP contribution < -0.4 is 0 Å². The highest BCUT2D eigenvalue weighted by atomic mass is 32.1. The van der Waals surface area contributed by atoms with Crippen molar-refractivity contribution in [3.8, 4) is 0 Å². The van der Waals surface area contributed by atoms with Crippen molar-refractivity contribution in [3.05, 3.63) is 21.9 Å². The van der Waals surface area contributed by atoms with Gasteiger partial charge in [-0.1, -0.05) is 13.8 Å². The van der Waals surface area contributed by atoms with Crippen molar-refractivity contribution in [3.63, 3.8) is 0 Å². The molecule has 3 saturated heterocycles. The van der Waals surface area contributed by atoms with Gasteiger partial charge in [0.25, 0.3) is 0 Å². The van der Waals surface area contributed by atoms with Crippen molar-refractivity contribution in [1.82, 2.24) is 4.90 Å². The molecule has 1 amide bonds. The van der Waals surface area contributed by atoms with Gasteiger partial charge in [-0.2, -0.15) is 0 Å². The average Bonchev–Trinajstić information content (AvgIpc) is 3.09. The van der Waals surface area contributed by atoms with E-state index in [1.165, 1.54) is 23.3 Å². The largest absolute Gasteiger partial charge is 0.374 e. The zero-order valence-electron chi connectivity index (χ0n) is 14.2. The standard InChI is InChI=1S/C19H25NO2S/c1-11-6-7-23-16(11)19(10-18(19,2)3)17(21)20-8-12-13(9-20)15-5-4-14(12)22-15/h6-7,12-15H,4-5,8-10H2,1-3H3/t12-,13+,14+,15-,19-/m0/s1. The minimum absolute atomic E-state index is 0.0902. The summed E-state index contributed by atoms with van der Waals surface area (Å²) in [6.45, 7) is 8.52. The Kier molecular flexibility index (Phi) is 2.77. The fraction of sp³-hybridized carbons (Fsp3) is 0.737. The summed E-state index contributed by atoms with van der Waals surface area (Å²) in [7, 11) is 0. The average molecular weight is 331 g/mol. The third kappa shape index (κ3) is 1.72. The Morgan fingerprint density at radius 3 is 2.35 bits per heavy atom. The maximum Gasteiger partial charge on any atom is 0.234 e. The fourth-order valence-corrected chi connectivity index (χ4v) is 6.97. The molecule has 0 aromatic carbocycles. The maximum absolute atomic E-state index is 13.6. The van der Waals surface area contributed by atoms with E-state index >= 15 is 0 Å². The summed E-state index contributed by atoms with van der Waals surface area (Å²) in [6.07, 6.45) is 4.25. The molecule has 0 unspecified atom stereocenters. The van der Waals surface area contributed by atoms with Gasteiger partial charge in [0.1, 0.15) is 0 Å². The van der Waals surface area contributed by atoms with E-state index < -0.39 is 0 Å². The van der Waals surface area contributed by atoms with Crippen LogP contribution in [0.1, 0.15) is 43.6 Å². The van der Waals surface area contributed by atoms with Gasteiger partial charge in [0, 0.05) is 29.8 Å². The topological polar surface area (TPSA) is 29.5 Å². The number of hydrogen-bond donors (Lipinski definition) is 0. The lowest BCUT2D eigenvalue weighted by Crippen LogP contribution is -2.41. The number of ether oxygens (including phenoxy) is 1. The van der Waals surface area contributed by atoms with Crippen LogP contribution in [0.25, 0.3) is 0 Å². The van der Waals surface area contributed by atoms with E-state index in [-0.39, 0.29) is 10.8 Å². The van der Waals surface area contributed by atoms with Crippen molar-refractivity contribution in [1.29, 1.82) is 0 Å². The van der Waals surface area contributed by atoms with Gasteiger partial charge >= 0.3 is 0 Å². The van der Waals surface area contributed by atoms with Crippen molar-refractivity contribution < 1.29 is 9.53 Å². The van der Waals surface area contributed by atoms with E-state index in [4.69, 9.17) is 4.74 Å². The number of aryl methyl sites for hydroxylation is 1. The van der Waals surface area contributed by atoms with Crippen LogP contribution in [0.4, 0.5) is 0 Å². The molecule has 2 bridgehead atoms. The number of amides is 1. The minimum Gasteiger partial charge on any atom is -0.374 e. The van der Waals surface area contributed by atoms with Crippen LogP contribution in [-0.2, 0) is 14.9 Å². The van der Waals surface area contributed by atoms with Crippen molar-refractivity contribution in [2.24, 2.45) is 17.3 Å². The predicted molar refractivity (Wildman–Crippen MR) is 90.6 cm³/mol. The Hall–Kier alpha value is -0.870. The molecule has 124 valence electrons. The van der Waals surface area contributed by atoms with E-state index in [2.05, 4.69) is 37.1 Å². The summed E-state index contributed by atoms with van der Waals surface area (Å²) in [5, 5.41) is 2.14. The number of likely N-dealkylation sites (tertiary alicyclic amines) is 1. The molecule has 1 aliphatic carbocycles. The van der Waals surface area contributed by atoms with Gasteiger partial charge in [0.15, 0.2) is 0 Å². The lowest BCUT2D eigenvalue weighted by atomic mass is 9.82. The number of nitrogens with zero attached hydrogens (tertiary/aromatic N) is 1. The van der Waals surface area contributed by atoms with Crippen LogP contribution in [0, 0.1) is 24.2 Å². The molecule has 5 rings (SSSR count). The summed E-state index contributed by atoms with van der Waals surface area (Å²) in [6, 6.07) is 2.16. The predicted octanol–water partition coefficient (Wildman–Crippen LogP) is 3.36. The highest BCUT2D eigenvalue weighted by Gasteiger charge is 2.70. The Bertz CT molecular complexity index is 663. The smallest absolute Gasteiger partial charge is 0.234 e. The number of thiophene rings is 1. The molecule has 0 spiro atoms. The Labute approximate surface area is 142 Å². The summed E-state index contributed by atoms with van der Waals surface area (Å²) in [5.74, 6) is 1.59. The van der Waals surface area contributed by atoms with Gasteiger partial charge < -0.3 is 9.64 Å². The molecular weight excluding hydrogens is 306 g/mol. The third-order valence-corrected chi connectivity index (χ3v) is 8.27.